The van der Waals surface area contributed by atoms with Gasteiger partial charge in [0.15, 0.2) is 0 Å². The number of carbonyl (C=O) groups is 1. The van der Waals surface area contributed by atoms with Gasteiger partial charge in [0.25, 0.3) is 0 Å². The molecule has 194 valence electrons. The summed E-state index contributed by atoms with van der Waals surface area (Å²) in [4.78, 5) is 27.5. The summed E-state index contributed by atoms with van der Waals surface area (Å²) in [5.74, 6) is 0.724. The molecule has 2 atom stereocenters. The van der Waals surface area contributed by atoms with E-state index in [0.717, 1.165) is 23.0 Å². The van der Waals surface area contributed by atoms with Crippen molar-refractivity contribution in [1.29, 1.82) is 0 Å². The van der Waals surface area contributed by atoms with Gasteiger partial charge in [-0.2, -0.15) is 18.2 Å². The molecule has 1 saturated heterocycles. The van der Waals surface area contributed by atoms with Crippen LogP contribution in [0, 0.1) is 0 Å². The number of amides is 1. The summed E-state index contributed by atoms with van der Waals surface area (Å²) in [5.41, 5.74) is 3.30. The van der Waals surface area contributed by atoms with Crippen LogP contribution in [-0.2, 0) is 23.8 Å². The molecule has 2 aromatic carbocycles. The number of hydrogen-bond acceptors (Lipinski definition) is 6. The second kappa shape index (κ2) is 9.16. The van der Waals surface area contributed by atoms with Crippen LogP contribution in [0.1, 0.15) is 47.1 Å². The second-order valence-corrected chi connectivity index (χ2v) is 9.27. The number of nitrogens with one attached hydrogen (secondary N) is 1. The predicted molar refractivity (Wildman–Crippen MR) is 133 cm³/mol. The van der Waals surface area contributed by atoms with Crippen molar-refractivity contribution in [2.24, 2.45) is 0 Å². The smallest absolute Gasteiger partial charge is 0.416 e. The van der Waals surface area contributed by atoms with E-state index in [0.29, 0.717) is 35.9 Å². The number of anilines is 2. The molecule has 1 unspecified atom stereocenters. The highest BCUT2D eigenvalue weighted by Gasteiger charge is 2.36. The zero-order valence-corrected chi connectivity index (χ0v) is 20.3. The minimum Gasteiger partial charge on any atom is -0.447 e. The Hall–Kier alpha value is -4.41. The molecule has 1 N–H and O–H groups in total. The van der Waals surface area contributed by atoms with Crippen LogP contribution in [0.3, 0.4) is 0 Å². The van der Waals surface area contributed by atoms with Crippen molar-refractivity contribution in [3.8, 4) is 5.69 Å². The quantitative estimate of drug-likeness (QED) is 0.366. The van der Waals surface area contributed by atoms with Gasteiger partial charge in [0.1, 0.15) is 18.5 Å². The molecule has 1 fully saturated rings. The van der Waals surface area contributed by atoms with Crippen LogP contribution in [0.25, 0.3) is 5.69 Å². The Morgan fingerprint density at radius 2 is 1.89 bits per heavy atom. The summed E-state index contributed by atoms with van der Waals surface area (Å²) in [5, 5.41) is 3.26. The van der Waals surface area contributed by atoms with Gasteiger partial charge in [-0.05, 0) is 55.2 Å². The van der Waals surface area contributed by atoms with Crippen molar-refractivity contribution in [3.63, 3.8) is 0 Å². The van der Waals surface area contributed by atoms with Crippen molar-refractivity contribution in [1.82, 2.24) is 19.5 Å². The average molecular weight is 521 g/mol. The minimum atomic E-state index is -4.38. The Morgan fingerprint density at radius 3 is 2.68 bits per heavy atom. The first-order valence-corrected chi connectivity index (χ1v) is 12.2. The van der Waals surface area contributed by atoms with Crippen LogP contribution in [0.4, 0.5) is 29.7 Å². The Morgan fingerprint density at radius 1 is 1.08 bits per heavy atom. The third kappa shape index (κ3) is 4.23. The lowest BCUT2D eigenvalue weighted by atomic mass is 9.97. The van der Waals surface area contributed by atoms with Gasteiger partial charge in [0.2, 0.25) is 5.95 Å². The van der Waals surface area contributed by atoms with Crippen LogP contribution in [0.5, 0.6) is 0 Å². The van der Waals surface area contributed by atoms with Crippen molar-refractivity contribution >= 4 is 17.9 Å². The summed E-state index contributed by atoms with van der Waals surface area (Å²) < 4.78 is 46.6. The molecule has 0 spiro atoms. The van der Waals surface area contributed by atoms with Crippen molar-refractivity contribution < 1.29 is 22.7 Å². The molecule has 0 saturated carbocycles. The third-order valence-electron chi connectivity index (χ3n) is 6.90. The lowest BCUT2D eigenvalue weighted by molar-refractivity contribution is -0.137. The van der Waals surface area contributed by atoms with Crippen molar-refractivity contribution in [2.45, 2.75) is 38.0 Å². The number of halogens is 3. The molecule has 6 rings (SSSR count). The van der Waals surface area contributed by atoms with Gasteiger partial charge in [-0.15, -0.1) is 0 Å². The number of carbonyl (C=O) groups excluding carboxylic acids is 1. The normalized spacial score (nSPS) is 17.5. The van der Waals surface area contributed by atoms with Crippen LogP contribution < -0.4 is 10.2 Å². The summed E-state index contributed by atoms with van der Waals surface area (Å²) in [6.07, 6.45) is -0.621. The molecule has 2 aromatic heterocycles. The summed E-state index contributed by atoms with van der Waals surface area (Å²) >= 11 is 0. The van der Waals surface area contributed by atoms with E-state index in [4.69, 9.17) is 4.74 Å². The standard InChI is InChI=1S/C27H23F3N6O2/c1-16(24-21-9-7-18-13-19(27(28,29)30)8-10-20(18)35(21)15-32-24)33-25-31-12-11-23(34-25)36-22(14-38-26(36)37)17-5-3-2-4-6-17/h2-6,8,10-13,15-16,22H,7,9,14H2,1H3,(H,31,33,34)/t16-,22?/m0/s1. The molecule has 0 bridgehead atoms. The van der Waals surface area contributed by atoms with E-state index in [1.165, 1.54) is 17.0 Å². The molecule has 1 amide bonds. The molecule has 2 aliphatic heterocycles. The molecule has 4 aromatic rings. The van der Waals surface area contributed by atoms with Gasteiger partial charge in [-0.25, -0.2) is 14.8 Å². The van der Waals surface area contributed by atoms with Crippen LogP contribution in [-0.4, -0.2) is 32.2 Å². The summed E-state index contributed by atoms with van der Waals surface area (Å²) in [6, 6.07) is 14.5. The molecule has 4 heterocycles. The minimum absolute atomic E-state index is 0.221. The van der Waals surface area contributed by atoms with Crippen LogP contribution in [0.15, 0.2) is 67.1 Å². The maximum absolute atomic E-state index is 13.2. The molecular formula is C27H23F3N6O2. The molecule has 11 heteroatoms. The number of aryl methyl sites for hydroxylation is 1. The average Bonchev–Trinajstić information content (AvgIpc) is 3.52. The monoisotopic (exact) mass is 520 g/mol. The number of hydrogen-bond donors (Lipinski definition) is 1. The van der Waals surface area contributed by atoms with Gasteiger partial charge in [-0.3, -0.25) is 4.90 Å². The number of fused-ring (bicyclic) bond motifs is 3. The highest BCUT2D eigenvalue weighted by Crippen LogP contribution is 2.36. The number of ether oxygens (including phenoxy) is 1. The zero-order valence-electron chi connectivity index (χ0n) is 20.3. The van der Waals surface area contributed by atoms with Crippen LogP contribution >= 0.6 is 0 Å². The van der Waals surface area contributed by atoms with Gasteiger partial charge in [-0.1, -0.05) is 30.3 Å². The topological polar surface area (TPSA) is 85.2 Å². The number of nitrogens with zero attached hydrogens (tertiary/aromatic N) is 5. The number of rotatable bonds is 5. The first-order valence-electron chi connectivity index (χ1n) is 12.2. The van der Waals surface area contributed by atoms with E-state index in [9.17, 15) is 18.0 Å². The van der Waals surface area contributed by atoms with E-state index >= 15 is 0 Å². The number of aromatic nitrogens is 4. The lowest BCUT2D eigenvalue weighted by Gasteiger charge is -2.23. The van der Waals surface area contributed by atoms with Gasteiger partial charge < -0.3 is 14.6 Å². The number of alkyl halides is 3. The highest BCUT2D eigenvalue weighted by atomic mass is 19.4. The first kappa shape index (κ1) is 24.0. The fourth-order valence-corrected chi connectivity index (χ4v) is 5.07. The summed E-state index contributed by atoms with van der Waals surface area (Å²) in [7, 11) is 0. The third-order valence-corrected chi connectivity index (χ3v) is 6.90. The van der Waals surface area contributed by atoms with Gasteiger partial charge in [0, 0.05) is 17.6 Å². The molecule has 38 heavy (non-hydrogen) atoms. The summed E-state index contributed by atoms with van der Waals surface area (Å²) in [6.45, 7) is 2.14. The number of cyclic esters (lactones) is 1. The Labute approximate surface area is 216 Å². The first-order chi connectivity index (χ1) is 18.3. The molecule has 0 radical (unpaired) electrons. The molecular weight excluding hydrogens is 497 g/mol. The number of imidazole rings is 1. The molecule has 2 aliphatic rings. The fraction of sp³-hybridized carbons (Fsp3) is 0.259. The SMILES string of the molecule is C[C@H](Nc1nccc(N2C(=O)OCC2c2ccccc2)n1)c1ncn2c1CCc1cc(C(F)(F)F)ccc1-2. The Kier molecular flexibility index (Phi) is 5.77. The molecule has 8 nitrogen and oxygen atoms in total. The second-order valence-electron chi connectivity index (χ2n) is 9.27. The molecule has 0 aliphatic carbocycles. The maximum atomic E-state index is 13.2. The Bertz CT molecular complexity index is 1500. The fourth-order valence-electron chi connectivity index (χ4n) is 5.07. The Balaban J connectivity index is 1.24. The predicted octanol–water partition coefficient (Wildman–Crippen LogP) is 5.65. The highest BCUT2D eigenvalue weighted by molar-refractivity contribution is 5.89. The van der Waals surface area contributed by atoms with E-state index in [1.807, 2.05) is 41.8 Å². The van der Waals surface area contributed by atoms with Gasteiger partial charge in [0.05, 0.1) is 23.6 Å². The largest absolute Gasteiger partial charge is 0.447 e. The van der Waals surface area contributed by atoms with Crippen molar-refractivity contribution in [2.75, 3.05) is 16.8 Å². The van der Waals surface area contributed by atoms with E-state index in [1.54, 1.807) is 18.6 Å². The lowest BCUT2D eigenvalue weighted by Crippen LogP contribution is -2.28. The van der Waals surface area contributed by atoms with Crippen molar-refractivity contribution in [3.05, 3.63) is 95.2 Å². The van der Waals surface area contributed by atoms with E-state index in [2.05, 4.69) is 20.3 Å². The van der Waals surface area contributed by atoms with Gasteiger partial charge >= 0.3 is 12.3 Å². The van der Waals surface area contributed by atoms with E-state index < -0.39 is 17.8 Å². The zero-order chi connectivity index (χ0) is 26.4. The number of benzene rings is 2. The van der Waals surface area contributed by atoms with Crippen LogP contribution in [0.2, 0.25) is 0 Å². The van der Waals surface area contributed by atoms with E-state index in [-0.39, 0.29) is 18.7 Å². The maximum Gasteiger partial charge on any atom is 0.416 e.